The highest BCUT2D eigenvalue weighted by Crippen LogP contribution is 2.18. The molecule has 0 bridgehead atoms. The summed E-state index contributed by atoms with van der Waals surface area (Å²) in [6.45, 7) is 4.22. The normalized spacial score (nSPS) is 10.5. The van der Waals surface area contributed by atoms with Gasteiger partial charge < -0.3 is 4.57 Å². The van der Waals surface area contributed by atoms with E-state index in [-0.39, 0.29) is 0 Å². The first-order chi connectivity index (χ1) is 7.20. The monoisotopic (exact) mass is 219 g/mol. The topological polar surface area (TPSA) is 22.0 Å². The maximum atomic E-state index is 10.7. The minimum atomic E-state index is 0.563. The summed E-state index contributed by atoms with van der Waals surface area (Å²) in [5.74, 6) is 0. The van der Waals surface area contributed by atoms with Crippen molar-refractivity contribution in [2.24, 2.45) is 0 Å². The van der Waals surface area contributed by atoms with Gasteiger partial charge in [-0.1, -0.05) is 30.3 Å². The number of rotatable bonds is 3. The predicted molar refractivity (Wildman–Crippen MR) is 62.3 cm³/mol. The van der Waals surface area contributed by atoms with Crippen LogP contribution in [0.3, 0.4) is 0 Å². The standard InChI is InChI=1S/C12H10ClNO/c1-9(13)7-14-5-4-11-3-2-10(8-15)6-12(11)14/h2-6,8H,1,7H2. The average Bonchev–Trinajstić information content (AvgIpc) is 2.60. The Kier molecular flexibility index (Phi) is 2.60. The summed E-state index contributed by atoms with van der Waals surface area (Å²) in [4.78, 5) is 10.7. The van der Waals surface area contributed by atoms with Gasteiger partial charge in [0.05, 0.1) is 6.54 Å². The van der Waals surface area contributed by atoms with E-state index in [0.29, 0.717) is 17.1 Å². The van der Waals surface area contributed by atoms with Crippen LogP contribution in [-0.2, 0) is 6.54 Å². The molecule has 0 amide bonds. The Bertz CT molecular complexity index is 527. The molecule has 76 valence electrons. The second-order valence-electron chi connectivity index (χ2n) is 3.40. The summed E-state index contributed by atoms with van der Waals surface area (Å²) in [6, 6.07) is 7.56. The number of hydrogen-bond acceptors (Lipinski definition) is 1. The van der Waals surface area contributed by atoms with Crippen molar-refractivity contribution in [2.45, 2.75) is 6.54 Å². The summed E-state index contributed by atoms with van der Waals surface area (Å²) in [7, 11) is 0. The third kappa shape index (κ3) is 1.95. The Morgan fingerprint density at radius 3 is 2.93 bits per heavy atom. The number of carbonyl (C=O) groups is 1. The van der Waals surface area contributed by atoms with Gasteiger partial charge in [0.2, 0.25) is 0 Å². The largest absolute Gasteiger partial charge is 0.342 e. The lowest BCUT2D eigenvalue weighted by atomic mass is 10.2. The van der Waals surface area contributed by atoms with Gasteiger partial charge in [-0.05, 0) is 17.5 Å². The molecule has 0 atom stereocenters. The van der Waals surface area contributed by atoms with E-state index < -0.39 is 0 Å². The molecule has 0 fully saturated rings. The second kappa shape index (κ2) is 3.91. The zero-order valence-electron chi connectivity index (χ0n) is 8.11. The zero-order valence-corrected chi connectivity index (χ0v) is 8.87. The molecule has 0 unspecified atom stereocenters. The number of halogens is 1. The summed E-state index contributed by atoms with van der Waals surface area (Å²) in [5, 5.41) is 1.67. The van der Waals surface area contributed by atoms with E-state index in [9.17, 15) is 4.79 Å². The highest BCUT2D eigenvalue weighted by molar-refractivity contribution is 6.29. The van der Waals surface area contributed by atoms with Crippen molar-refractivity contribution in [3.63, 3.8) is 0 Å². The Morgan fingerprint density at radius 2 is 2.27 bits per heavy atom. The third-order valence-corrected chi connectivity index (χ3v) is 2.40. The van der Waals surface area contributed by atoms with Crippen LogP contribution in [0.2, 0.25) is 0 Å². The van der Waals surface area contributed by atoms with Gasteiger partial charge >= 0.3 is 0 Å². The van der Waals surface area contributed by atoms with Crippen molar-refractivity contribution in [3.8, 4) is 0 Å². The molecule has 15 heavy (non-hydrogen) atoms. The lowest BCUT2D eigenvalue weighted by Crippen LogP contribution is -1.95. The van der Waals surface area contributed by atoms with Gasteiger partial charge in [-0.2, -0.15) is 0 Å². The first-order valence-electron chi connectivity index (χ1n) is 4.58. The van der Waals surface area contributed by atoms with Gasteiger partial charge in [-0.15, -0.1) is 0 Å². The molecule has 0 saturated heterocycles. The molecule has 0 saturated carbocycles. The van der Waals surface area contributed by atoms with Gasteiger partial charge in [0, 0.05) is 22.3 Å². The van der Waals surface area contributed by atoms with Gasteiger partial charge in [-0.3, -0.25) is 4.79 Å². The SMILES string of the molecule is C=C(Cl)Cn1ccc2ccc(C=O)cc21. The average molecular weight is 220 g/mol. The molecule has 0 spiro atoms. The molecule has 0 radical (unpaired) electrons. The lowest BCUT2D eigenvalue weighted by Gasteiger charge is -2.03. The molecular weight excluding hydrogens is 210 g/mol. The van der Waals surface area contributed by atoms with Crippen LogP contribution in [0, 0.1) is 0 Å². The van der Waals surface area contributed by atoms with Crippen LogP contribution >= 0.6 is 11.6 Å². The van der Waals surface area contributed by atoms with Crippen LogP contribution in [0.15, 0.2) is 42.1 Å². The molecule has 0 N–H and O–H groups in total. The van der Waals surface area contributed by atoms with E-state index in [1.165, 1.54) is 0 Å². The van der Waals surface area contributed by atoms with Crippen LogP contribution in [0.4, 0.5) is 0 Å². The molecule has 0 aliphatic heterocycles. The molecule has 0 aliphatic carbocycles. The molecule has 2 rings (SSSR count). The first-order valence-corrected chi connectivity index (χ1v) is 4.96. The van der Waals surface area contributed by atoms with E-state index in [2.05, 4.69) is 6.58 Å². The van der Waals surface area contributed by atoms with Crippen molar-refractivity contribution in [1.82, 2.24) is 4.57 Å². The maximum absolute atomic E-state index is 10.7. The van der Waals surface area contributed by atoms with E-state index in [1.54, 1.807) is 6.07 Å². The summed E-state index contributed by atoms with van der Waals surface area (Å²) >= 11 is 5.76. The zero-order chi connectivity index (χ0) is 10.8. The Balaban J connectivity index is 2.55. The number of hydrogen-bond donors (Lipinski definition) is 0. The number of carbonyl (C=O) groups excluding carboxylic acids is 1. The van der Waals surface area contributed by atoms with E-state index in [4.69, 9.17) is 11.6 Å². The summed E-state index contributed by atoms with van der Waals surface area (Å²) in [6.07, 6.45) is 2.78. The predicted octanol–water partition coefficient (Wildman–Crippen LogP) is 3.21. The molecule has 1 aromatic heterocycles. The fourth-order valence-electron chi connectivity index (χ4n) is 1.60. The lowest BCUT2D eigenvalue weighted by molar-refractivity contribution is 0.112. The van der Waals surface area contributed by atoms with Gasteiger partial charge in [-0.25, -0.2) is 0 Å². The molecule has 1 heterocycles. The minimum absolute atomic E-state index is 0.563. The van der Waals surface area contributed by atoms with E-state index in [1.807, 2.05) is 29.0 Å². The number of benzene rings is 1. The molecule has 2 nitrogen and oxygen atoms in total. The van der Waals surface area contributed by atoms with Crippen molar-refractivity contribution in [3.05, 3.63) is 47.6 Å². The van der Waals surface area contributed by atoms with Crippen LogP contribution in [0.1, 0.15) is 10.4 Å². The number of fused-ring (bicyclic) bond motifs is 1. The van der Waals surface area contributed by atoms with Crippen LogP contribution < -0.4 is 0 Å². The molecule has 1 aromatic carbocycles. The van der Waals surface area contributed by atoms with Crippen molar-refractivity contribution >= 4 is 28.8 Å². The highest BCUT2D eigenvalue weighted by atomic mass is 35.5. The highest BCUT2D eigenvalue weighted by Gasteiger charge is 2.02. The van der Waals surface area contributed by atoms with Crippen molar-refractivity contribution in [1.29, 1.82) is 0 Å². The first kappa shape index (κ1) is 9.99. The van der Waals surface area contributed by atoms with Crippen LogP contribution in [0.25, 0.3) is 10.9 Å². The van der Waals surface area contributed by atoms with Crippen molar-refractivity contribution < 1.29 is 4.79 Å². The quantitative estimate of drug-likeness (QED) is 0.727. The van der Waals surface area contributed by atoms with Gasteiger partial charge in [0.25, 0.3) is 0 Å². The second-order valence-corrected chi connectivity index (χ2v) is 3.93. The smallest absolute Gasteiger partial charge is 0.150 e. The minimum Gasteiger partial charge on any atom is -0.342 e. The van der Waals surface area contributed by atoms with Gasteiger partial charge in [0.15, 0.2) is 0 Å². The molecule has 2 aromatic rings. The van der Waals surface area contributed by atoms with Crippen molar-refractivity contribution in [2.75, 3.05) is 0 Å². The number of nitrogens with zero attached hydrogens (tertiary/aromatic N) is 1. The fraction of sp³-hybridized carbons (Fsp3) is 0.0833. The van der Waals surface area contributed by atoms with E-state index in [0.717, 1.165) is 17.2 Å². The Morgan fingerprint density at radius 1 is 1.47 bits per heavy atom. The third-order valence-electron chi connectivity index (χ3n) is 2.28. The molecule has 0 aliphatic rings. The van der Waals surface area contributed by atoms with Crippen LogP contribution in [-0.4, -0.2) is 10.9 Å². The molecular formula is C12H10ClNO. The van der Waals surface area contributed by atoms with Crippen LogP contribution in [0.5, 0.6) is 0 Å². The number of allylic oxidation sites excluding steroid dienone is 1. The van der Waals surface area contributed by atoms with Gasteiger partial charge in [0.1, 0.15) is 6.29 Å². The maximum Gasteiger partial charge on any atom is 0.150 e. The Hall–Kier alpha value is -1.54. The number of aromatic nitrogens is 1. The Labute approximate surface area is 92.8 Å². The number of aldehydes is 1. The van der Waals surface area contributed by atoms with E-state index >= 15 is 0 Å². The fourth-order valence-corrected chi connectivity index (χ4v) is 1.73. The molecule has 3 heteroatoms. The summed E-state index contributed by atoms with van der Waals surface area (Å²) < 4.78 is 1.97. The summed E-state index contributed by atoms with van der Waals surface area (Å²) in [5.41, 5.74) is 1.67.